The van der Waals surface area contributed by atoms with E-state index in [1.165, 1.54) is 0 Å². The van der Waals surface area contributed by atoms with Gasteiger partial charge < -0.3 is 5.32 Å². The minimum Gasteiger partial charge on any atom is -0.374 e. The van der Waals surface area contributed by atoms with Crippen molar-refractivity contribution in [1.29, 1.82) is 5.26 Å². The van der Waals surface area contributed by atoms with Crippen molar-refractivity contribution in [2.24, 2.45) is 0 Å². The maximum atomic E-state index is 10.3. The fourth-order valence-corrected chi connectivity index (χ4v) is 3.59. The van der Waals surface area contributed by atoms with E-state index < -0.39 is 5.41 Å². The Balaban J connectivity index is 2.02. The summed E-state index contributed by atoms with van der Waals surface area (Å²) in [5, 5.41) is 13.9. The first-order valence-electron chi connectivity index (χ1n) is 8.01. The fourth-order valence-electron chi connectivity index (χ4n) is 3.59. The van der Waals surface area contributed by atoms with Crippen molar-refractivity contribution in [1.82, 2.24) is 4.98 Å². The minimum atomic E-state index is -0.843. The molecule has 0 bridgehead atoms. The molecule has 0 saturated carbocycles. The van der Waals surface area contributed by atoms with Gasteiger partial charge in [0.2, 0.25) is 0 Å². The van der Waals surface area contributed by atoms with E-state index in [4.69, 9.17) is 0 Å². The van der Waals surface area contributed by atoms with Crippen LogP contribution in [0.3, 0.4) is 0 Å². The van der Waals surface area contributed by atoms with Crippen LogP contribution in [-0.2, 0) is 5.41 Å². The zero-order valence-electron chi connectivity index (χ0n) is 13.4. The number of hydrogen-bond donors (Lipinski definition) is 1. The standard InChI is InChI=1S/C21H17N3/c1-15-12-13-23-20-18(15)24-19(16-8-4-2-5-9-16)21(20,14-22)17-10-6-3-7-11-17/h2-13,19,24H,1H3/t19-,21-/m0/s1. The van der Waals surface area contributed by atoms with E-state index in [-0.39, 0.29) is 6.04 Å². The van der Waals surface area contributed by atoms with Crippen molar-refractivity contribution < 1.29 is 0 Å². The Bertz CT molecular complexity index is 913. The highest BCUT2D eigenvalue weighted by Gasteiger charge is 2.51. The van der Waals surface area contributed by atoms with E-state index >= 15 is 0 Å². The van der Waals surface area contributed by atoms with Crippen LogP contribution in [0.4, 0.5) is 5.69 Å². The first-order chi connectivity index (χ1) is 11.8. The number of aromatic nitrogens is 1. The molecule has 0 unspecified atom stereocenters. The van der Waals surface area contributed by atoms with Crippen LogP contribution in [0, 0.1) is 18.3 Å². The van der Waals surface area contributed by atoms with E-state index in [9.17, 15) is 5.26 Å². The largest absolute Gasteiger partial charge is 0.374 e. The predicted octanol–water partition coefficient (Wildman–Crippen LogP) is 4.37. The number of nitriles is 1. The van der Waals surface area contributed by atoms with Gasteiger partial charge >= 0.3 is 0 Å². The van der Waals surface area contributed by atoms with Crippen LogP contribution < -0.4 is 5.32 Å². The van der Waals surface area contributed by atoms with Gasteiger partial charge in [0.25, 0.3) is 0 Å². The van der Waals surface area contributed by atoms with E-state index in [1.807, 2.05) is 61.5 Å². The summed E-state index contributed by atoms with van der Waals surface area (Å²) in [7, 11) is 0. The second kappa shape index (κ2) is 5.50. The van der Waals surface area contributed by atoms with Crippen molar-refractivity contribution in [2.75, 3.05) is 5.32 Å². The third kappa shape index (κ3) is 1.93. The Morgan fingerprint density at radius 2 is 1.67 bits per heavy atom. The molecule has 0 amide bonds. The summed E-state index contributed by atoms with van der Waals surface area (Å²) in [6, 6.07) is 24.5. The number of rotatable bonds is 2. The van der Waals surface area contributed by atoms with Crippen molar-refractivity contribution >= 4 is 5.69 Å². The summed E-state index contributed by atoms with van der Waals surface area (Å²) in [6.07, 6.45) is 1.79. The molecule has 1 aliphatic rings. The number of aryl methyl sites for hydroxylation is 1. The SMILES string of the molecule is Cc1ccnc2c1N[C@@H](c1ccccc1)[C@]2(C#N)c1ccccc1. The third-order valence-corrected chi connectivity index (χ3v) is 4.79. The average molecular weight is 311 g/mol. The lowest BCUT2D eigenvalue weighted by atomic mass is 9.72. The van der Waals surface area contributed by atoms with Gasteiger partial charge in [-0.1, -0.05) is 60.7 Å². The molecule has 0 radical (unpaired) electrons. The molecule has 116 valence electrons. The van der Waals surface area contributed by atoms with Crippen LogP contribution in [0.2, 0.25) is 0 Å². The van der Waals surface area contributed by atoms with Crippen molar-refractivity contribution in [3.8, 4) is 6.07 Å². The van der Waals surface area contributed by atoms with Crippen molar-refractivity contribution in [3.63, 3.8) is 0 Å². The van der Waals surface area contributed by atoms with Crippen LogP contribution in [0.1, 0.15) is 28.4 Å². The first kappa shape index (κ1) is 14.5. The highest BCUT2D eigenvalue weighted by Crippen LogP contribution is 2.52. The Hall–Kier alpha value is -3.12. The second-order valence-electron chi connectivity index (χ2n) is 6.13. The van der Waals surface area contributed by atoms with E-state index in [0.29, 0.717) is 0 Å². The molecule has 4 rings (SSSR count). The molecule has 3 heteroatoms. The maximum absolute atomic E-state index is 10.3. The van der Waals surface area contributed by atoms with Crippen molar-refractivity contribution in [3.05, 3.63) is 95.3 Å². The van der Waals surface area contributed by atoms with E-state index in [0.717, 1.165) is 28.1 Å². The molecule has 0 fully saturated rings. The molecule has 3 nitrogen and oxygen atoms in total. The summed E-state index contributed by atoms with van der Waals surface area (Å²) in [4.78, 5) is 4.61. The molecule has 0 aliphatic carbocycles. The molecule has 1 aromatic heterocycles. The Morgan fingerprint density at radius 1 is 1.00 bits per heavy atom. The number of fused-ring (bicyclic) bond motifs is 1. The molecular weight excluding hydrogens is 294 g/mol. The lowest BCUT2D eigenvalue weighted by molar-refractivity contribution is 0.574. The van der Waals surface area contributed by atoms with Gasteiger partial charge in [0.1, 0.15) is 0 Å². The maximum Gasteiger partial charge on any atom is 0.150 e. The van der Waals surface area contributed by atoms with Gasteiger partial charge in [0.05, 0.1) is 23.5 Å². The Labute approximate surface area is 141 Å². The lowest BCUT2D eigenvalue weighted by Gasteiger charge is -2.29. The number of nitrogens with one attached hydrogen (secondary N) is 1. The highest BCUT2D eigenvalue weighted by atomic mass is 15.0. The summed E-state index contributed by atoms with van der Waals surface area (Å²) >= 11 is 0. The molecule has 0 saturated heterocycles. The van der Waals surface area contributed by atoms with Crippen LogP contribution in [0.25, 0.3) is 0 Å². The minimum absolute atomic E-state index is 0.172. The Morgan fingerprint density at radius 3 is 2.33 bits per heavy atom. The van der Waals surface area contributed by atoms with Gasteiger partial charge in [0.15, 0.2) is 5.41 Å². The topological polar surface area (TPSA) is 48.7 Å². The number of pyridine rings is 1. The highest BCUT2D eigenvalue weighted by molar-refractivity contribution is 5.70. The summed E-state index contributed by atoms with van der Waals surface area (Å²) in [5.41, 5.74) is 4.09. The van der Waals surface area contributed by atoms with Gasteiger partial charge in [-0.2, -0.15) is 5.26 Å². The fraction of sp³-hybridized carbons (Fsp3) is 0.143. The molecule has 3 aromatic rings. The van der Waals surface area contributed by atoms with Crippen LogP contribution >= 0.6 is 0 Å². The monoisotopic (exact) mass is 311 g/mol. The molecule has 1 N–H and O–H groups in total. The van der Waals surface area contributed by atoms with Crippen LogP contribution in [0.15, 0.2) is 72.9 Å². The summed E-state index contributed by atoms with van der Waals surface area (Å²) < 4.78 is 0. The molecule has 0 spiro atoms. The third-order valence-electron chi connectivity index (χ3n) is 4.79. The number of nitrogens with zero attached hydrogens (tertiary/aromatic N) is 2. The van der Waals surface area contributed by atoms with E-state index in [2.05, 4.69) is 28.5 Å². The van der Waals surface area contributed by atoms with Gasteiger partial charge in [-0.05, 0) is 29.7 Å². The second-order valence-corrected chi connectivity index (χ2v) is 6.13. The van der Waals surface area contributed by atoms with Crippen molar-refractivity contribution in [2.45, 2.75) is 18.4 Å². The number of benzene rings is 2. The number of anilines is 1. The quantitative estimate of drug-likeness (QED) is 0.764. The molecule has 2 heterocycles. The zero-order valence-corrected chi connectivity index (χ0v) is 13.4. The smallest absolute Gasteiger partial charge is 0.150 e. The molecular formula is C21H17N3. The normalized spacial score (nSPS) is 21.6. The predicted molar refractivity (Wildman–Crippen MR) is 94.6 cm³/mol. The molecule has 24 heavy (non-hydrogen) atoms. The van der Waals surface area contributed by atoms with Crippen LogP contribution in [0.5, 0.6) is 0 Å². The molecule has 2 aromatic carbocycles. The van der Waals surface area contributed by atoms with Crippen LogP contribution in [-0.4, -0.2) is 4.98 Å². The average Bonchev–Trinajstić information content (AvgIpc) is 3.00. The lowest BCUT2D eigenvalue weighted by Crippen LogP contribution is -2.32. The zero-order chi connectivity index (χ0) is 16.6. The van der Waals surface area contributed by atoms with Gasteiger partial charge in [0, 0.05) is 6.20 Å². The summed E-state index contributed by atoms with van der Waals surface area (Å²) in [6.45, 7) is 2.05. The van der Waals surface area contributed by atoms with E-state index in [1.54, 1.807) is 6.20 Å². The molecule has 2 atom stereocenters. The van der Waals surface area contributed by atoms with Gasteiger partial charge in [-0.3, -0.25) is 4.98 Å². The van der Waals surface area contributed by atoms with Gasteiger partial charge in [-0.25, -0.2) is 0 Å². The molecule has 1 aliphatic heterocycles. The van der Waals surface area contributed by atoms with Gasteiger partial charge in [-0.15, -0.1) is 0 Å². The summed E-state index contributed by atoms with van der Waals surface area (Å²) in [5.74, 6) is 0. The first-order valence-corrected chi connectivity index (χ1v) is 8.01. The number of hydrogen-bond acceptors (Lipinski definition) is 3. The Kier molecular flexibility index (Phi) is 3.32.